The van der Waals surface area contributed by atoms with Crippen LogP contribution in [0.5, 0.6) is 0 Å². The summed E-state index contributed by atoms with van der Waals surface area (Å²) in [5.74, 6) is -0.730. The highest BCUT2D eigenvalue weighted by atomic mass is 16.4. The molecule has 1 saturated heterocycles. The molecule has 0 radical (unpaired) electrons. The van der Waals surface area contributed by atoms with E-state index in [1.807, 2.05) is 0 Å². The van der Waals surface area contributed by atoms with Crippen molar-refractivity contribution in [2.75, 3.05) is 13.6 Å². The Morgan fingerprint density at radius 2 is 2.50 bits per heavy atom. The molecule has 1 atom stereocenters. The van der Waals surface area contributed by atoms with E-state index in [1.165, 1.54) is 0 Å². The molecule has 0 unspecified atom stereocenters. The van der Waals surface area contributed by atoms with Crippen LogP contribution >= 0.6 is 0 Å². The van der Waals surface area contributed by atoms with Crippen LogP contribution in [-0.2, 0) is 4.79 Å². The second-order valence-corrected chi connectivity index (χ2v) is 2.41. The molecule has 0 aromatic carbocycles. The Morgan fingerprint density at radius 1 is 1.80 bits per heavy atom. The van der Waals surface area contributed by atoms with Gasteiger partial charge < -0.3 is 5.11 Å². The zero-order valence-electron chi connectivity index (χ0n) is 6.00. The first-order valence-electron chi connectivity index (χ1n) is 3.42. The van der Waals surface area contributed by atoms with Crippen LogP contribution in [0.1, 0.15) is 12.8 Å². The van der Waals surface area contributed by atoms with Crippen LogP contribution in [0.2, 0.25) is 0 Å². The van der Waals surface area contributed by atoms with Gasteiger partial charge in [0.1, 0.15) is 6.04 Å². The average Bonchev–Trinajstić information content (AvgIpc) is 2.33. The zero-order valence-corrected chi connectivity index (χ0v) is 6.00. The molecular weight excluding hydrogens is 132 g/mol. The van der Waals surface area contributed by atoms with Gasteiger partial charge in [-0.15, -0.1) is 0 Å². The number of aliphatic carboxylic acids is 1. The minimum absolute atomic E-state index is 0.315. The van der Waals surface area contributed by atoms with Gasteiger partial charge in [0.25, 0.3) is 0 Å². The summed E-state index contributed by atoms with van der Waals surface area (Å²) in [6, 6.07) is -0.315. The molecule has 0 saturated carbocycles. The maximum atomic E-state index is 10.5. The molecule has 1 aliphatic heterocycles. The summed E-state index contributed by atoms with van der Waals surface area (Å²) in [6.45, 7) is 0.841. The lowest BCUT2D eigenvalue weighted by atomic mass is 10.2. The number of carboxylic acids is 1. The van der Waals surface area contributed by atoms with Crippen LogP contribution in [0.4, 0.5) is 0 Å². The highest BCUT2D eigenvalue weighted by Crippen LogP contribution is 2.13. The predicted molar refractivity (Wildman–Crippen MR) is 36.4 cm³/mol. The lowest BCUT2D eigenvalue weighted by molar-refractivity contribution is -0.143. The Bertz CT molecular complexity index is 138. The molecule has 4 nitrogen and oxygen atoms in total. The lowest BCUT2D eigenvalue weighted by Gasteiger charge is -2.18. The van der Waals surface area contributed by atoms with Crippen molar-refractivity contribution in [2.45, 2.75) is 18.9 Å². The second kappa shape index (κ2) is 2.98. The smallest absolute Gasteiger partial charge is 0.322 e. The summed E-state index contributed by atoms with van der Waals surface area (Å²) in [5.41, 5.74) is 2.85. The van der Waals surface area contributed by atoms with Gasteiger partial charge in [-0.3, -0.25) is 10.2 Å². The van der Waals surface area contributed by atoms with Crippen LogP contribution < -0.4 is 5.43 Å². The molecule has 0 bridgehead atoms. The SMILES string of the molecule is CNN1CCC[C@H]1C(=O)O. The van der Waals surface area contributed by atoms with Crippen molar-refractivity contribution < 1.29 is 9.90 Å². The fourth-order valence-electron chi connectivity index (χ4n) is 1.29. The van der Waals surface area contributed by atoms with Crippen LogP contribution in [0, 0.1) is 0 Å². The largest absolute Gasteiger partial charge is 0.480 e. The summed E-state index contributed by atoms with van der Waals surface area (Å²) in [7, 11) is 1.75. The number of carboxylic acid groups (broad SMARTS) is 1. The van der Waals surface area contributed by atoms with Crippen LogP contribution in [0.25, 0.3) is 0 Å². The van der Waals surface area contributed by atoms with E-state index >= 15 is 0 Å². The fourth-order valence-corrected chi connectivity index (χ4v) is 1.29. The zero-order chi connectivity index (χ0) is 7.56. The van der Waals surface area contributed by atoms with E-state index < -0.39 is 5.97 Å². The molecule has 1 rings (SSSR count). The van der Waals surface area contributed by atoms with E-state index in [0.29, 0.717) is 0 Å². The van der Waals surface area contributed by atoms with Crippen molar-refractivity contribution >= 4 is 5.97 Å². The number of hydrogen-bond acceptors (Lipinski definition) is 3. The molecule has 10 heavy (non-hydrogen) atoms. The van der Waals surface area contributed by atoms with Crippen LogP contribution in [0.3, 0.4) is 0 Å². The molecule has 0 aliphatic carbocycles. The Kier molecular flexibility index (Phi) is 2.24. The molecule has 0 spiro atoms. The van der Waals surface area contributed by atoms with Gasteiger partial charge in [-0.25, -0.2) is 5.01 Å². The van der Waals surface area contributed by atoms with Gasteiger partial charge in [0.05, 0.1) is 0 Å². The summed E-state index contributed by atoms with van der Waals surface area (Å²) in [5, 5.41) is 10.4. The Hall–Kier alpha value is -0.610. The highest BCUT2D eigenvalue weighted by Gasteiger charge is 2.29. The van der Waals surface area contributed by atoms with E-state index in [-0.39, 0.29) is 6.04 Å². The lowest BCUT2D eigenvalue weighted by Crippen LogP contribution is -2.43. The molecule has 0 aromatic rings. The van der Waals surface area contributed by atoms with Gasteiger partial charge >= 0.3 is 5.97 Å². The predicted octanol–water partition coefficient (Wildman–Crippen LogP) is -0.330. The van der Waals surface area contributed by atoms with Gasteiger partial charge in [0, 0.05) is 6.54 Å². The van der Waals surface area contributed by atoms with E-state index in [1.54, 1.807) is 12.1 Å². The number of hydrazine groups is 1. The summed E-state index contributed by atoms with van der Waals surface area (Å²) in [4.78, 5) is 10.5. The molecule has 1 heterocycles. The highest BCUT2D eigenvalue weighted by molar-refractivity contribution is 5.73. The second-order valence-electron chi connectivity index (χ2n) is 2.41. The van der Waals surface area contributed by atoms with Crippen molar-refractivity contribution in [1.29, 1.82) is 0 Å². The first-order chi connectivity index (χ1) is 4.75. The number of rotatable bonds is 2. The van der Waals surface area contributed by atoms with Gasteiger partial charge in [0.2, 0.25) is 0 Å². The van der Waals surface area contributed by atoms with Gasteiger partial charge in [-0.1, -0.05) is 0 Å². The van der Waals surface area contributed by atoms with E-state index in [9.17, 15) is 4.79 Å². The Balaban J connectivity index is 2.50. The van der Waals surface area contributed by atoms with Crippen molar-refractivity contribution in [3.63, 3.8) is 0 Å². The standard InChI is InChI=1S/C6H12N2O2/c1-7-8-4-2-3-5(8)6(9)10/h5,7H,2-4H2,1H3,(H,9,10)/t5-/m0/s1. The number of nitrogens with one attached hydrogen (secondary N) is 1. The maximum absolute atomic E-state index is 10.5. The van der Waals surface area contributed by atoms with Crippen molar-refractivity contribution in [1.82, 2.24) is 10.4 Å². The van der Waals surface area contributed by atoms with Gasteiger partial charge in [-0.2, -0.15) is 0 Å². The van der Waals surface area contributed by atoms with Crippen molar-refractivity contribution in [2.24, 2.45) is 0 Å². The third-order valence-electron chi connectivity index (χ3n) is 1.83. The van der Waals surface area contributed by atoms with Crippen molar-refractivity contribution in [3.05, 3.63) is 0 Å². The fraction of sp³-hybridized carbons (Fsp3) is 0.833. The molecular formula is C6H12N2O2. The number of hydrogen-bond donors (Lipinski definition) is 2. The van der Waals surface area contributed by atoms with Crippen LogP contribution in [-0.4, -0.2) is 35.7 Å². The third kappa shape index (κ3) is 1.27. The van der Waals surface area contributed by atoms with E-state index in [2.05, 4.69) is 5.43 Å². The summed E-state index contributed by atoms with van der Waals surface area (Å²) >= 11 is 0. The minimum Gasteiger partial charge on any atom is -0.480 e. The number of carbonyl (C=O) groups is 1. The Labute approximate surface area is 59.8 Å². The summed E-state index contributed by atoms with van der Waals surface area (Å²) < 4.78 is 0. The normalized spacial score (nSPS) is 27.1. The average molecular weight is 144 g/mol. The molecule has 1 aliphatic rings. The minimum atomic E-state index is -0.730. The molecule has 2 N–H and O–H groups in total. The number of nitrogens with zero attached hydrogens (tertiary/aromatic N) is 1. The van der Waals surface area contributed by atoms with Gasteiger partial charge in [-0.05, 0) is 19.9 Å². The van der Waals surface area contributed by atoms with E-state index in [4.69, 9.17) is 5.11 Å². The molecule has 0 aromatic heterocycles. The first-order valence-corrected chi connectivity index (χ1v) is 3.42. The Morgan fingerprint density at radius 3 is 2.90 bits per heavy atom. The van der Waals surface area contributed by atoms with Crippen LogP contribution in [0.15, 0.2) is 0 Å². The monoisotopic (exact) mass is 144 g/mol. The summed E-state index contributed by atoms with van der Waals surface area (Å²) in [6.07, 6.45) is 1.73. The van der Waals surface area contributed by atoms with Crippen molar-refractivity contribution in [3.8, 4) is 0 Å². The van der Waals surface area contributed by atoms with E-state index in [0.717, 1.165) is 19.4 Å². The molecule has 58 valence electrons. The first kappa shape index (κ1) is 7.50. The molecule has 4 heteroatoms. The third-order valence-corrected chi connectivity index (χ3v) is 1.83. The van der Waals surface area contributed by atoms with Gasteiger partial charge in [0.15, 0.2) is 0 Å². The maximum Gasteiger partial charge on any atom is 0.322 e. The molecule has 1 fully saturated rings. The molecule has 0 amide bonds. The topological polar surface area (TPSA) is 52.6 Å². The quantitative estimate of drug-likeness (QED) is 0.557.